The number of methoxy groups -OCH3 is 1. The zero-order chi connectivity index (χ0) is 15.6. The number of likely N-dealkylation sites (tertiary alicyclic amines) is 1. The van der Waals surface area contributed by atoms with Crippen LogP contribution in [0.1, 0.15) is 23.7 Å². The van der Waals surface area contributed by atoms with Crippen molar-refractivity contribution in [1.29, 1.82) is 0 Å². The Balaban J connectivity index is 2.22. The molecular weight excluding hydrogens is 276 g/mol. The number of aliphatic hydroxyl groups excluding tert-OH is 1. The van der Waals surface area contributed by atoms with Crippen LogP contribution >= 0.6 is 0 Å². The van der Waals surface area contributed by atoms with Crippen LogP contribution in [0.5, 0.6) is 5.75 Å². The lowest BCUT2D eigenvalue weighted by Gasteiger charge is -2.34. The molecule has 1 aliphatic heterocycles. The number of piperidine rings is 1. The lowest BCUT2D eigenvalue weighted by molar-refractivity contribution is -0.385. The van der Waals surface area contributed by atoms with Gasteiger partial charge in [0.15, 0.2) is 5.75 Å². The van der Waals surface area contributed by atoms with Gasteiger partial charge in [-0.1, -0.05) is 6.92 Å². The number of aliphatic hydroxyl groups is 1. The summed E-state index contributed by atoms with van der Waals surface area (Å²) in [5.74, 6) is -0.125. The van der Waals surface area contributed by atoms with Gasteiger partial charge in [-0.15, -0.1) is 0 Å². The summed E-state index contributed by atoms with van der Waals surface area (Å²) >= 11 is 0. The number of amides is 1. The highest BCUT2D eigenvalue weighted by atomic mass is 16.6. The number of ether oxygens (including phenoxy) is 1. The molecule has 0 aromatic heterocycles. The average molecular weight is 294 g/mol. The summed E-state index contributed by atoms with van der Waals surface area (Å²) in [5.41, 5.74) is 0.178. The molecule has 0 radical (unpaired) electrons. The molecule has 114 valence electrons. The van der Waals surface area contributed by atoms with Crippen molar-refractivity contribution in [3.63, 3.8) is 0 Å². The summed E-state index contributed by atoms with van der Waals surface area (Å²) in [7, 11) is 1.33. The number of nitro benzene ring substituents is 1. The smallest absolute Gasteiger partial charge is 0.310 e. The molecule has 0 bridgehead atoms. The third-order valence-electron chi connectivity index (χ3n) is 3.77. The van der Waals surface area contributed by atoms with E-state index < -0.39 is 4.92 Å². The molecule has 0 saturated carbocycles. The van der Waals surface area contributed by atoms with Crippen molar-refractivity contribution in [2.24, 2.45) is 5.92 Å². The molecule has 1 aromatic rings. The van der Waals surface area contributed by atoms with E-state index in [9.17, 15) is 20.0 Å². The predicted octanol–water partition coefficient (Wildman–Crippen LogP) is 1.45. The van der Waals surface area contributed by atoms with Crippen LogP contribution < -0.4 is 4.74 Å². The van der Waals surface area contributed by atoms with Crippen molar-refractivity contribution in [3.05, 3.63) is 33.9 Å². The van der Waals surface area contributed by atoms with Crippen molar-refractivity contribution < 1.29 is 19.6 Å². The minimum atomic E-state index is -0.549. The van der Waals surface area contributed by atoms with E-state index in [0.29, 0.717) is 25.1 Å². The van der Waals surface area contributed by atoms with E-state index in [-0.39, 0.29) is 29.4 Å². The van der Waals surface area contributed by atoms with Gasteiger partial charge in [0, 0.05) is 30.8 Å². The first-order chi connectivity index (χ1) is 9.93. The molecule has 1 aromatic carbocycles. The molecule has 1 aliphatic rings. The summed E-state index contributed by atoms with van der Waals surface area (Å²) in [5, 5.41) is 20.5. The van der Waals surface area contributed by atoms with Gasteiger partial charge < -0.3 is 14.7 Å². The molecule has 0 aliphatic carbocycles. The first-order valence-corrected chi connectivity index (χ1v) is 6.73. The number of carbonyl (C=O) groups is 1. The lowest BCUT2D eigenvalue weighted by Crippen LogP contribution is -2.44. The van der Waals surface area contributed by atoms with Crippen LogP contribution in [0.25, 0.3) is 0 Å². The summed E-state index contributed by atoms with van der Waals surface area (Å²) < 4.78 is 4.97. The van der Waals surface area contributed by atoms with Gasteiger partial charge in [-0.3, -0.25) is 14.9 Å². The van der Waals surface area contributed by atoms with Crippen molar-refractivity contribution in [2.75, 3.05) is 20.2 Å². The molecule has 1 saturated heterocycles. The maximum Gasteiger partial charge on any atom is 0.310 e. The van der Waals surface area contributed by atoms with Gasteiger partial charge in [0.25, 0.3) is 5.91 Å². The van der Waals surface area contributed by atoms with Gasteiger partial charge in [-0.25, -0.2) is 0 Å². The summed E-state index contributed by atoms with van der Waals surface area (Å²) in [6, 6.07) is 4.09. The summed E-state index contributed by atoms with van der Waals surface area (Å²) in [6.45, 7) is 2.84. The largest absolute Gasteiger partial charge is 0.490 e. The number of rotatable bonds is 3. The Labute approximate surface area is 122 Å². The molecule has 1 amide bonds. The number of carbonyl (C=O) groups excluding carboxylic acids is 1. The average Bonchev–Trinajstić information content (AvgIpc) is 2.48. The fraction of sp³-hybridized carbons (Fsp3) is 0.500. The second-order valence-electron chi connectivity index (χ2n) is 5.23. The number of nitro groups is 1. The maximum absolute atomic E-state index is 12.4. The summed E-state index contributed by atoms with van der Waals surface area (Å²) in [6.07, 6.45) is 0.150. The minimum Gasteiger partial charge on any atom is -0.490 e. The van der Waals surface area contributed by atoms with Crippen LogP contribution in [0.3, 0.4) is 0 Å². The first kappa shape index (κ1) is 15.2. The van der Waals surface area contributed by atoms with Crippen LogP contribution in [0, 0.1) is 16.0 Å². The Morgan fingerprint density at radius 3 is 2.81 bits per heavy atom. The highest BCUT2D eigenvalue weighted by molar-refractivity contribution is 5.95. The minimum absolute atomic E-state index is 0.0163. The molecular formula is C14H18N2O5. The highest BCUT2D eigenvalue weighted by Crippen LogP contribution is 2.28. The molecule has 2 rings (SSSR count). The monoisotopic (exact) mass is 294 g/mol. The predicted molar refractivity (Wildman–Crippen MR) is 75.3 cm³/mol. The third kappa shape index (κ3) is 3.13. The SMILES string of the molecule is COc1cc(C(=O)N2CCC(O)C(C)C2)ccc1[N+](=O)[O-]. The number of benzene rings is 1. The van der Waals surface area contributed by atoms with Gasteiger partial charge in [0.1, 0.15) is 0 Å². The van der Waals surface area contributed by atoms with Gasteiger partial charge in [0.05, 0.1) is 18.1 Å². The molecule has 0 spiro atoms. The lowest BCUT2D eigenvalue weighted by atomic mass is 9.96. The molecule has 7 heteroatoms. The second kappa shape index (κ2) is 6.09. The fourth-order valence-corrected chi connectivity index (χ4v) is 2.46. The number of hydrogen-bond donors (Lipinski definition) is 1. The Morgan fingerprint density at radius 2 is 2.24 bits per heavy atom. The van der Waals surface area contributed by atoms with E-state index >= 15 is 0 Å². The Kier molecular flexibility index (Phi) is 4.42. The van der Waals surface area contributed by atoms with Crippen molar-refractivity contribution in [2.45, 2.75) is 19.4 Å². The number of nitrogens with zero attached hydrogens (tertiary/aromatic N) is 2. The molecule has 2 unspecified atom stereocenters. The van der Waals surface area contributed by atoms with Crippen LogP contribution in [-0.4, -0.2) is 47.1 Å². The quantitative estimate of drug-likeness (QED) is 0.672. The van der Waals surface area contributed by atoms with Crippen LogP contribution in [0.15, 0.2) is 18.2 Å². The van der Waals surface area contributed by atoms with Gasteiger partial charge in [-0.05, 0) is 18.4 Å². The van der Waals surface area contributed by atoms with E-state index in [4.69, 9.17) is 4.74 Å². The zero-order valence-corrected chi connectivity index (χ0v) is 12.0. The molecule has 21 heavy (non-hydrogen) atoms. The van der Waals surface area contributed by atoms with E-state index in [0.717, 1.165) is 0 Å². The molecule has 1 fully saturated rings. The maximum atomic E-state index is 12.4. The second-order valence-corrected chi connectivity index (χ2v) is 5.23. The zero-order valence-electron chi connectivity index (χ0n) is 12.0. The van der Waals surface area contributed by atoms with Crippen LogP contribution in [0.4, 0.5) is 5.69 Å². The summed E-state index contributed by atoms with van der Waals surface area (Å²) in [4.78, 5) is 24.4. The topological polar surface area (TPSA) is 92.9 Å². The molecule has 1 N–H and O–H groups in total. The van der Waals surface area contributed by atoms with E-state index in [1.54, 1.807) is 4.90 Å². The van der Waals surface area contributed by atoms with Gasteiger partial charge in [0.2, 0.25) is 0 Å². The Bertz CT molecular complexity index is 560. The van der Waals surface area contributed by atoms with Crippen LogP contribution in [-0.2, 0) is 0 Å². The number of hydrogen-bond acceptors (Lipinski definition) is 5. The van der Waals surface area contributed by atoms with Crippen molar-refractivity contribution in [3.8, 4) is 5.75 Å². The van der Waals surface area contributed by atoms with E-state index in [1.807, 2.05) is 6.92 Å². The third-order valence-corrected chi connectivity index (χ3v) is 3.77. The fourth-order valence-electron chi connectivity index (χ4n) is 2.46. The standard InChI is InChI=1S/C14H18N2O5/c1-9-8-15(6-5-12(9)17)14(18)10-3-4-11(16(19)20)13(7-10)21-2/h3-4,7,9,12,17H,5-6,8H2,1-2H3. The highest BCUT2D eigenvalue weighted by Gasteiger charge is 2.28. The molecule has 2 atom stereocenters. The Morgan fingerprint density at radius 1 is 1.52 bits per heavy atom. The van der Waals surface area contributed by atoms with E-state index in [1.165, 1.54) is 25.3 Å². The van der Waals surface area contributed by atoms with Crippen LogP contribution in [0.2, 0.25) is 0 Å². The van der Waals surface area contributed by atoms with Crippen molar-refractivity contribution >= 4 is 11.6 Å². The van der Waals surface area contributed by atoms with Crippen molar-refractivity contribution in [1.82, 2.24) is 4.90 Å². The molecule has 1 heterocycles. The van der Waals surface area contributed by atoms with Gasteiger partial charge >= 0.3 is 5.69 Å². The molecule has 7 nitrogen and oxygen atoms in total. The van der Waals surface area contributed by atoms with Gasteiger partial charge in [-0.2, -0.15) is 0 Å². The Hall–Kier alpha value is -2.15. The van der Waals surface area contributed by atoms with E-state index in [2.05, 4.69) is 0 Å². The first-order valence-electron chi connectivity index (χ1n) is 6.73. The normalized spacial score (nSPS) is 22.0.